The van der Waals surface area contributed by atoms with E-state index >= 15 is 0 Å². The molecule has 100 valence electrons. The second-order valence-corrected chi connectivity index (χ2v) is 3.79. The largest absolute Gasteiger partial charge is 0.550 e. The Kier molecular flexibility index (Phi) is 3.89. The first-order chi connectivity index (χ1) is 8.36. The SMILES string of the molecule is COC(=O)C1C(C(=O)[O-])C(C(=O)[O-])C1C(=O)OC. The van der Waals surface area contributed by atoms with Gasteiger partial charge in [-0.05, 0) is 0 Å². The standard InChI is InChI=1S/C10H12O8/c1-17-9(15)5-3(7(11)12)4(8(13)14)6(5)10(16)18-2/h3-6H,1-2H3,(H,11,12)(H,13,14)/p-2. The van der Waals surface area contributed by atoms with E-state index in [0.717, 1.165) is 14.2 Å². The Morgan fingerprint density at radius 1 is 0.722 bits per heavy atom. The van der Waals surface area contributed by atoms with E-state index in [-0.39, 0.29) is 0 Å². The average molecular weight is 258 g/mol. The number of ether oxygens (including phenoxy) is 2. The average Bonchev–Trinajstić information content (AvgIpc) is 2.25. The summed E-state index contributed by atoms with van der Waals surface area (Å²) in [5.41, 5.74) is 0. The first-order valence-corrected chi connectivity index (χ1v) is 4.94. The van der Waals surface area contributed by atoms with E-state index in [1.54, 1.807) is 0 Å². The molecule has 0 heterocycles. The molecule has 0 N–H and O–H groups in total. The van der Waals surface area contributed by atoms with Crippen LogP contribution >= 0.6 is 0 Å². The zero-order chi connectivity index (χ0) is 14.0. The summed E-state index contributed by atoms with van der Waals surface area (Å²) in [4.78, 5) is 44.4. The monoisotopic (exact) mass is 258 g/mol. The number of carbonyl (C=O) groups is 4. The van der Waals surface area contributed by atoms with Crippen LogP contribution in [0, 0.1) is 23.7 Å². The summed E-state index contributed by atoms with van der Waals surface area (Å²) in [6.45, 7) is 0. The lowest BCUT2D eigenvalue weighted by Crippen LogP contribution is -2.65. The Balaban J connectivity index is 3.10. The van der Waals surface area contributed by atoms with Crippen molar-refractivity contribution in [2.24, 2.45) is 23.7 Å². The summed E-state index contributed by atoms with van der Waals surface area (Å²) in [6.07, 6.45) is 0. The lowest BCUT2D eigenvalue weighted by atomic mass is 9.56. The molecule has 0 aromatic rings. The van der Waals surface area contributed by atoms with Crippen LogP contribution in [0.4, 0.5) is 0 Å². The third-order valence-electron chi connectivity index (χ3n) is 3.04. The van der Waals surface area contributed by atoms with Gasteiger partial charge in [-0.1, -0.05) is 0 Å². The van der Waals surface area contributed by atoms with Gasteiger partial charge in [-0.25, -0.2) is 0 Å². The quantitative estimate of drug-likeness (QED) is 0.470. The number of aliphatic carboxylic acids is 2. The number of rotatable bonds is 4. The van der Waals surface area contributed by atoms with Crippen LogP contribution in [0.2, 0.25) is 0 Å². The minimum absolute atomic E-state index is 0.995. The molecule has 0 bridgehead atoms. The van der Waals surface area contributed by atoms with Gasteiger partial charge in [0.05, 0.1) is 26.1 Å². The second-order valence-electron chi connectivity index (χ2n) is 3.79. The summed E-state index contributed by atoms with van der Waals surface area (Å²) >= 11 is 0. The number of carboxylic acids is 2. The Hall–Kier alpha value is -2.12. The summed E-state index contributed by atoms with van der Waals surface area (Å²) in [6, 6.07) is 0. The number of hydrogen-bond donors (Lipinski definition) is 0. The van der Waals surface area contributed by atoms with Gasteiger partial charge >= 0.3 is 11.9 Å². The summed E-state index contributed by atoms with van der Waals surface area (Å²) in [7, 11) is 1.99. The van der Waals surface area contributed by atoms with E-state index < -0.39 is 47.5 Å². The molecule has 1 saturated carbocycles. The molecule has 4 atom stereocenters. The van der Waals surface area contributed by atoms with E-state index in [0.29, 0.717) is 0 Å². The molecule has 0 aromatic heterocycles. The molecule has 1 rings (SSSR count). The second kappa shape index (κ2) is 5.03. The van der Waals surface area contributed by atoms with Gasteiger partial charge in [0.1, 0.15) is 0 Å². The van der Waals surface area contributed by atoms with Gasteiger partial charge in [0.25, 0.3) is 0 Å². The van der Waals surface area contributed by atoms with E-state index in [1.807, 2.05) is 0 Å². The molecule has 18 heavy (non-hydrogen) atoms. The molecule has 1 fully saturated rings. The van der Waals surface area contributed by atoms with Crippen LogP contribution in [0.3, 0.4) is 0 Å². The van der Waals surface area contributed by atoms with E-state index in [1.165, 1.54) is 0 Å². The first kappa shape index (κ1) is 13.9. The highest BCUT2D eigenvalue weighted by Crippen LogP contribution is 2.47. The molecule has 0 saturated heterocycles. The lowest BCUT2D eigenvalue weighted by molar-refractivity contribution is -0.340. The maximum absolute atomic E-state index is 11.4. The van der Waals surface area contributed by atoms with Crippen molar-refractivity contribution in [2.75, 3.05) is 14.2 Å². The number of carbonyl (C=O) groups excluding carboxylic acids is 4. The van der Waals surface area contributed by atoms with Gasteiger partial charge < -0.3 is 29.3 Å². The third-order valence-corrected chi connectivity index (χ3v) is 3.04. The van der Waals surface area contributed by atoms with E-state index in [2.05, 4.69) is 9.47 Å². The van der Waals surface area contributed by atoms with Gasteiger partial charge in [-0.3, -0.25) is 9.59 Å². The number of carboxylic acid groups (broad SMARTS) is 2. The van der Waals surface area contributed by atoms with Crippen LogP contribution in [0.25, 0.3) is 0 Å². The maximum atomic E-state index is 11.4. The van der Waals surface area contributed by atoms with Crippen LogP contribution in [0.1, 0.15) is 0 Å². The van der Waals surface area contributed by atoms with Crippen molar-refractivity contribution in [3.8, 4) is 0 Å². The molecular formula is C10H10O8-2. The van der Waals surface area contributed by atoms with Crippen molar-refractivity contribution in [1.82, 2.24) is 0 Å². The molecule has 0 spiro atoms. The molecule has 8 heteroatoms. The van der Waals surface area contributed by atoms with Crippen molar-refractivity contribution in [2.45, 2.75) is 0 Å². The Morgan fingerprint density at radius 2 is 1.00 bits per heavy atom. The van der Waals surface area contributed by atoms with Gasteiger partial charge in [0.2, 0.25) is 0 Å². The molecule has 0 aromatic carbocycles. The molecule has 0 aliphatic heterocycles. The van der Waals surface area contributed by atoms with E-state index in [9.17, 15) is 29.4 Å². The molecule has 1 aliphatic rings. The molecular weight excluding hydrogens is 248 g/mol. The van der Waals surface area contributed by atoms with Crippen LogP contribution in [-0.4, -0.2) is 38.1 Å². The molecule has 0 radical (unpaired) electrons. The topological polar surface area (TPSA) is 133 Å². The Morgan fingerprint density at radius 3 is 1.17 bits per heavy atom. The summed E-state index contributed by atoms with van der Waals surface area (Å²) in [5, 5.41) is 21.6. The van der Waals surface area contributed by atoms with Gasteiger partial charge in [-0.2, -0.15) is 0 Å². The van der Waals surface area contributed by atoms with E-state index in [4.69, 9.17) is 0 Å². The number of methoxy groups -OCH3 is 2. The molecule has 1 aliphatic carbocycles. The van der Waals surface area contributed by atoms with Crippen molar-refractivity contribution in [1.29, 1.82) is 0 Å². The zero-order valence-electron chi connectivity index (χ0n) is 9.58. The van der Waals surface area contributed by atoms with Gasteiger partial charge in [-0.15, -0.1) is 0 Å². The highest BCUT2D eigenvalue weighted by Gasteiger charge is 2.59. The van der Waals surface area contributed by atoms with Gasteiger partial charge in [0.15, 0.2) is 0 Å². The molecule has 0 amide bonds. The fraction of sp³-hybridized carbons (Fsp3) is 0.600. The predicted molar refractivity (Wildman–Crippen MR) is 48.0 cm³/mol. The van der Waals surface area contributed by atoms with Crippen LogP contribution < -0.4 is 10.2 Å². The zero-order valence-corrected chi connectivity index (χ0v) is 9.58. The smallest absolute Gasteiger partial charge is 0.310 e. The minimum atomic E-state index is -1.75. The molecule has 4 unspecified atom stereocenters. The van der Waals surface area contributed by atoms with Crippen molar-refractivity contribution in [3.05, 3.63) is 0 Å². The Labute approximate surface area is 101 Å². The predicted octanol–water partition coefficient (Wildman–Crippen LogP) is -3.69. The van der Waals surface area contributed by atoms with Crippen LogP contribution in [0.5, 0.6) is 0 Å². The van der Waals surface area contributed by atoms with Gasteiger partial charge in [0, 0.05) is 23.8 Å². The first-order valence-electron chi connectivity index (χ1n) is 4.94. The normalized spacial score (nSPS) is 29.9. The number of esters is 2. The Bertz CT molecular complexity index is 363. The van der Waals surface area contributed by atoms with Crippen LogP contribution in [0.15, 0.2) is 0 Å². The highest BCUT2D eigenvalue weighted by atomic mass is 16.5. The summed E-state index contributed by atoms with van der Waals surface area (Å²) in [5.74, 6) is -11.7. The van der Waals surface area contributed by atoms with Crippen LogP contribution in [-0.2, 0) is 28.7 Å². The fourth-order valence-electron chi connectivity index (χ4n) is 2.19. The fourth-order valence-corrected chi connectivity index (χ4v) is 2.19. The summed E-state index contributed by atoms with van der Waals surface area (Å²) < 4.78 is 8.67. The van der Waals surface area contributed by atoms with Crippen molar-refractivity contribution >= 4 is 23.9 Å². The minimum Gasteiger partial charge on any atom is -0.550 e. The lowest BCUT2D eigenvalue weighted by Gasteiger charge is -2.49. The highest BCUT2D eigenvalue weighted by molar-refractivity contribution is 5.96. The maximum Gasteiger partial charge on any atom is 0.310 e. The molecule has 8 nitrogen and oxygen atoms in total. The van der Waals surface area contributed by atoms with Crippen molar-refractivity contribution < 1.29 is 38.9 Å². The van der Waals surface area contributed by atoms with Crippen molar-refractivity contribution in [3.63, 3.8) is 0 Å². The third kappa shape index (κ3) is 2.01. The number of hydrogen-bond acceptors (Lipinski definition) is 8.